The topological polar surface area (TPSA) is 107 Å². The lowest BCUT2D eigenvalue weighted by Gasteiger charge is -2.19. The van der Waals surface area contributed by atoms with E-state index in [9.17, 15) is 8.42 Å². The standard InChI is InChI=1S/C20H25N5O3S/c1-20(2,3)12-23-18-17-14(8-9-21-18)11-22-15(24-17)10-13-6-7-16(29(5,26)27)25-19(13)28-4/h6-9,11H,10,12H2,1-5H3,(H,21,23). The molecule has 3 heterocycles. The third-order valence-corrected chi connectivity index (χ3v) is 5.16. The lowest BCUT2D eigenvalue weighted by Crippen LogP contribution is -2.19. The van der Waals surface area contributed by atoms with Crippen molar-refractivity contribution in [3.8, 4) is 5.88 Å². The molecule has 0 aromatic carbocycles. The summed E-state index contributed by atoms with van der Waals surface area (Å²) in [7, 11) is -1.96. The van der Waals surface area contributed by atoms with Crippen LogP contribution in [0.15, 0.2) is 35.6 Å². The molecule has 0 unspecified atom stereocenters. The van der Waals surface area contributed by atoms with Crippen LogP contribution in [0, 0.1) is 5.41 Å². The molecule has 0 amide bonds. The first-order chi connectivity index (χ1) is 13.6. The van der Waals surface area contributed by atoms with Crippen molar-refractivity contribution >= 4 is 26.6 Å². The highest BCUT2D eigenvalue weighted by molar-refractivity contribution is 7.90. The number of aromatic nitrogens is 4. The number of anilines is 1. The summed E-state index contributed by atoms with van der Waals surface area (Å²) in [6.07, 6.45) is 4.95. The fraction of sp³-hybridized carbons (Fsp3) is 0.400. The molecule has 0 fully saturated rings. The second kappa shape index (κ2) is 7.90. The van der Waals surface area contributed by atoms with Gasteiger partial charge in [0.2, 0.25) is 5.88 Å². The fourth-order valence-electron chi connectivity index (χ4n) is 2.70. The average Bonchev–Trinajstić information content (AvgIpc) is 2.65. The predicted molar refractivity (Wildman–Crippen MR) is 112 cm³/mol. The zero-order chi connectivity index (χ0) is 21.2. The van der Waals surface area contributed by atoms with Gasteiger partial charge in [0.15, 0.2) is 20.7 Å². The Hall–Kier alpha value is -2.81. The van der Waals surface area contributed by atoms with Gasteiger partial charge in [-0.25, -0.2) is 28.4 Å². The molecule has 0 saturated carbocycles. The van der Waals surface area contributed by atoms with E-state index in [4.69, 9.17) is 4.74 Å². The van der Waals surface area contributed by atoms with Crippen LogP contribution in [0.3, 0.4) is 0 Å². The van der Waals surface area contributed by atoms with Crippen LogP contribution in [0.2, 0.25) is 0 Å². The summed E-state index contributed by atoms with van der Waals surface area (Å²) in [6.45, 7) is 7.18. The van der Waals surface area contributed by atoms with Gasteiger partial charge in [0, 0.05) is 42.6 Å². The van der Waals surface area contributed by atoms with Crippen LogP contribution in [-0.2, 0) is 16.3 Å². The number of rotatable bonds is 6. The fourth-order valence-corrected chi connectivity index (χ4v) is 3.26. The highest BCUT2D eigenvalue weighted by Gasteiger charge is 2.16. The second-order valence-electron chi connectivity index (χ2n) is 8.06. The zero-order valence-corrected chi connectivity index (χ0v) is 18.0. The molecule has 0 aliphatic rings. The number of methoxy groups -OCH3 is 1. The summed E-state index contributed by atoms with van der Waals surface area (Å²) in [5.41, 5.74) is 1.54. The van der Waals surface area contributed by atoms with Crippen LogP contribution in [-0.4, -0.2) is 48.3 Å². The molecule has 0 aliphatic heterocycles. The first kappa shape index (κ1) is 20.9. The van der Waals surface area contributed by atoms with Gasteiger partial charge in [0.05, 0.1) is 7.11 Å². The summed E-state index contributed by atoms with van der Waals surface area (Å²) in [5.74, 6) is 1.52. The molecule has 0 radical (unpaired) electrons. The largest absolute Gasteiger partial charge is 0.481 e. The van der Waals surface area contributed by atoms with Gasteiger partial charge in [0.25, 0.3) is 0 Å². The lowest BCUT2D eigenvalue weighted by molar-refractivity contribution is 0.389. The molecular formula is C20H25N5O3S. The Bertz CT molecular complexity index is 1140. The van der Waals surface area contributed by atoms with Crippen LogP contribution in [0.25, 0.3) is 10.9 Å². The van der Waals surface area contributed by atoms with Crippen molar-refractivity contribution in [3.05, 3.63) is 42.0 Å². The van der Waals surface area contributed by atoms with Crippen LogP contribution >= 0.6 is 0 Å². The Kier molecular flexibility index (Phi) is 5.70. The van der Waals surface area contributed by atoms with Crippen LogP contribution in [0.4, 0.5) is 5.82 Å². The number of nitrogens with zero attached hydrogens (tertiary/aromatic N) is 4. The van der Waals surface area contributed by atoms with Gasteiger partial charge in [0.1, 0.15) is 11.3 Å². The van der Waals surface area contributed by atoms with Crippen molar-refractivity contribution in [1.82, 2.24) is 19.9 Å². The molecule has 0 spiro atoms. The Morgan fingerprint density at radius 2 is 1.86 bits per heavy atom. The minimum absolute atomic E-state index is 0.0320. The summed E-state index contributed by atoms with van der Waals surface area (Å²) in [6, 6.07) is 5.01. The number of hydrogen-bond donors (Lipinski definition) is 1. The molecular weight excluding hydrogens is 390 g/mol. The van der Waals surface area contributed by atoms with E-state index >= 15 is 0 Å². The highest BCUT2D eigenvalue weighted by Crippen LogP contribution is 2.24. The Labute approximate surface area is 170 Å². The monoisotopic (exact) mass is 415 g/mol. The lowest BCUT2D eigenvalue weighted by atomic mass is 9.97. The SMILES string of the molecule is COc1nc(S(C)(=O)=O)ccc1Cc1ncc2ccnc(NCC(C)(C)C)c2n1. The van der Waals surface area contributed by atoms with E-state index in [0.717, 1.165) is 23.7 Å². The van der Waals surface area contributed by atoms with E-state index in [1.54, 1.807) is 18.5 Å². The summed E-state index contributed by atoms with van der Waals surface area (Å²) in [4.78, 5) is 17.6. The minimum atomic E-state index is -3.42. The zero-order valence-electron chi connectivity index (χ0n) is 17.2. The molecule has 154 valence electrons. The number of nitrogens with one attached hydrogen (secondary N) is 1. The van der Waals surface area contributed by atoms with Crippen molar-refractivity contribution in [2.24, 2.45) is 5.41 Å². The van der Waals surface area contributed by atoms with E-state index in [0.29, 0.717) is 23.6 Å². The maximum absolute atomic E-state index is 11.7. The van der Waals surface area contributed by atoms with Gasteiger partial charge in [-0.1, -0.05) is 26.8 Å². The van der Waals surface area contributed by atoms with Crippen LogP contribution in [0.1, 0.15) is 32.2 Å². The number of fused-ring (bicyclic) bond motifs is 1. The molecule has 0 saturated heterocycles. The second-order valence-corrected chi connectivity index (χ2v) is 10.0. The maximum atomic E-state index is 11.7. The number of pyridine rings is 2. The quantitative estimate of drug-likeness (QED) is 0.655. The average molecular weight is 416 g/mol. The molecule has 0 atom stereocenters. The summed E-state index contributed by atoms with van der Waals surface area (Å²) < 4.78 is 28.7. The highest BCUT2D eigenvalue weighted by atomic mass is 32.2. The molecule has 0 bridgehead atoms. The van der Waals surface area contributed by atoms with Crippen molar-refractivity contribution in [1.29, 1.82) is 0 Å². The summed E-state index contributed by atoms with van der Waals surface area (Å²) in [5, 5.41) is 4.21. The molecule has 3 rings (SSSR count). The van der Waals surface area contributed by atoms with Crippen LogP contribution in [0.5, 0.6) is 5.88 Å². The number of hydrogen-bond acceptors (Lipinski definition) is 8. The van der Waals surface area contributed by atoms with Crippen molar-refractivity contribution in [2.75, 3.05) is 25.2 Å². The van der Waals surface area contributed by atoms with Crippen molar-refractivity contribution in [2.45, 2.75) is 32.2 Å². The van der Waals surface area contributed by atoms with Gasteiger partial charge >= 0.3 is 0 Å². The first-order valence-electron chi connectivity index (χ1n) is 9.15. The van der Waals surface area contributed by atoms with E-state index in [2.05, 4.69) is 46.0 Å². The van der Waals surface area contributed by atoms with E-state index < -0.39 is 9.84 Å². The third kappa shape index (κ3) is 5.17. The minimum Gasteiger partial charge on any atom is -0.481 e. The molecule has 1 N–H and O–H groups in total. The van der Waals surface area contributed by atoms with E-state index in [-0.39, 0.29) is 16.3 Å². The number of ether oxygens (including phenoxy) is 1. The molecule has 3 aromatic rings. The Balaban J connectivity index is 1.95. The smallest absolute Gasteiger partial charge is 0.217 e. The molecule has 3 aromatic heterocycles. The van der Waals surface area contributed by atoms with Gasteiger partial charge in [-0.2, -0.15) is 0 Å². The van der Waals surface area contributed by atoms with Gasteiger partial charge in [-0.15, -0.1) is 0 Å². The van der Waals surface area contributed by atoms with Crippen molar-refractivity contribution in [3.63, 3.8) is 0 Å². The van der Waals surface area contributed by atoms with Crippen molar-refractivity contribution < 1.29 is 13.2 Å². The van der Waals surface area contributed by atoms with E-state index in [1.165, 1.54) is 13.2 Å². The Morgan fingerprint density at radius 1 is 1.10 bits per heavy atom. The normalized spacial score (nSPS) is 12.2. The predicted octanol–water partition coefficient (Wildman–Crippen LogP) is 2.88. The molecule has 29 heavy (non-hydrogen) atoms. The number of sulfone groups is 1. The van der Waals surface area contributed by atoms with Gasteiger partial charge in [-0.3, -0.25) is 0 Å². The maximum Gasteiger partial charge on any atom is 0.217 e. The summed E-state index contributed by atoms with van der Waals surface area (Å²) >= 11 is 0. The molecule has 8 nitrogen and oxygen atoms in total. The van der Waals surface area contributed by atoms with Gasteiger partial charge in [-0.05, 0) is 17.5 Å². The van der Waals surface area contributed by atoms with Crippen LogP contribution < -0.4 is 10.1 Å². The Morgan fingerprint density at radius 3 is 2.52 bits per heavy atom. The third-order valence-electron chi connectivity index (χ3n) is 4.17. The molecule has 0 aliphatic carbocycles. The van der Waals surface area contributed by atoms with Gasteiger partial charge < -0.3 is 10.1 Å². The molecule has 9 heteroatoms. The van der Waals surface area contributed by atoms with E-state index in [1.807, 2.05) is 6.07 Å². The first-order valence-corrected chi connectivity index (χ1v) is 11.0.